The molecule has 0 fully saturated rings. The number of rotatable bonds is 4. The van der Waals surface area contributed by atoms with Gasteiger partial charge >= 0.3 is 0 Å². The number of aliphatic hydroxyl groups excluding tert-OH is 2. The van der Waals surface area contributed by atoms with Crippen molar-refractivity contribution in [1.29, 1.82) is 0 Å². The minimum Gasteiger partial charge on any atom is -0.394 e. The maximum Gasteiger partial charge on any atom is 0.251 e. The predicted molar refractivity (Wildman–Crippen MR) is 66.0 cm³/mol. The van der Waals surface area contributed by atoms with Crippen LogP contribution in [-0.2, 0) is 0 Å². The minimum atomic E-state index is -0.991. The molecule has 4 heteroatoms. The number of benzene rings is 1. The minimum absolute atomic E-state index is 0.289. The van der Waals surface area contributed by atoms with E-state index in [-0.39, 0.29) is 19.1 Å². The Morgan fingerprint density at radius 3 is 2.06 bits per heavy atom. The quantitative estimate of drug-likeness (QED) is 0.724. The standard InChI is InChI=1S/C13H19NO3/c1-9-4-10(2)6-11(5-9)12(17)14-13(3,7-15)8-16/h4-6,15-16H,7-8H2,1-3H3,(H,14,17). The molecule has 0 aromatic heterocycles. The van der Waals surface area contributed by atoms with Gasteiger partial charge < -0.3 is 15.5 Å². The molecule has 0 heterocycles. The molecule has 1 aromatic carbocycles. The molecule has 0 radical (unpaired) electrons. The molecule has 17 heavy (non-hydrogen) atoms. The summed E-state index contributed by atoms with van der Waals surface area (Å²) in [6, 6.07) is 5.53. The van der Waals surface area contributed by atoms with E-state index < -0.39 is 5.54 Å². The maximum absolute atomic E-state index is 11.9. The van der Waals surface area contributed by atoms with Crippen LogP contribution in [0.15, 0.2) is 18.2 Å². The van der Waals surface area contributed by atoms with Gasteiger partial charge in [0.1, 0.15) is 0 Å². The van der Waals surface area contributed by atoms with Crippen LogP contribution in [0.4, 0.5) is 0 Å². The predicted octanol–water partition coefficient (Wildman–Crippen LogP) is 0.777. The second-order valence-electron chi connectivity index (χ2n) is 4.71. The van der Waals surface area contributed by atoms with E-state index in [0.29, 0.717) is 5.56 Å². The lowest BCUT2D eigenvalue weighted by Crippen LogP contribution is -2.51. The van der Waals surface area contributed by atoms with Gasteiger partial charge in [0.15, 0.2) is 0 Å². The van der Waals surface area contributed by atoms with Gasteiger partial charge in [-0.2, -0.15) is 0 Å². The van der Waals surface area contributed by atoms with Crippen LogP contribution in [0.1, 0.15) is 28.4 Å². The molecule has 1 aromatic rings. The average molecular weight is 237 g/mol. The summed E-state index contributed by atoms with van der Waals surface area (Å²) in [6.45, 7) is 4.82. The zero-order valence-corrected chi connectivity index (χ0v) is 10.4. The SMILES string of the molecule is Cc1cc(C)cc(C(=O)NC(C)(CO)CO)c1. The molecule has 0 spiro atoms. The van der Waals surface area contributed by atoms with Crippen molar-refractivity contribution in [2.24, 2.45) is 0 Å². The summed E-state index contributed by atoms with van der Waals surface area (Å²) in [5.74, 6) is -0.289. The van der Waals surface area contributed by atoms with Crippen LogP contribution in [-0.4, -0.2) is 34.9 Å². The molecule has 1 rings (SSSR count). The van der Waals surface area contributed by atoms with Crippen molar-refractivity contribution >= 4 is 5.91 Å². The van der Waals surface area contributed by atoms with Crippen LogP contribution < -0.4 is 5.32 Å². The lowest BCUT2D eigenvalue weighted by Gasteiger charge is -2.26. The van der Waals surface area contributed by atoms with Crippen LogP contribution in [0, 0.1) is 13.8 Å². The molecule has 3 N–H and O–H groups in total. The smallest absolute Gasteiger partial charge is 0.251 e. The Balaban J connectivity index is 2.90. The summed E-state index contributed by atoms with van der Waals surface area (Å²) in [5, 5.41) is 20.9. The van der Waals surface area contributed by atoms with E-state index in [1.807, 2.05) is 19.9 Å². The molecule has 0 aliphatic carbocycles. The van der Waals surface area contributed by atoms with Crippen molar-refractivity contribution in [1.82, 2.24) is 5.32 Å². The molecule has 0 atom stereocenters. The second kappa shape index (κ2) is 5.29. The highest BCUT2D eigenvalue weighted by Crippen LogP contribution is 2.10. The van der Waals surface area contributed by atoms with Crippen LogP contribution in [0.3, 0.4) is 0 Å². The highest BCUT2D eigenvalue weighted by atomic mass is 16.3. The number of aryl methyl sites for hydroxylation is 2. The van der Waals surface area contributed by atoms with Crippen LogP contribution >= 0.6 is 0 Å². The van der Waals surface area contributed by atoms with E-state index in [2.05, 4.69) is 5.32 Å². The molecule has 0 aliphatic rings. The van der Waals surface area contributed by atoms with E-state index in [1.165, 1.54) is 0 Å². The van der Waals surface area contributed by atoms with Gasteiger partial charge in [0.2, 0.25) is 0 Å². The fourth-order valence-electron chi connectivity index (χ4n) is 1.58. The highest BCUT2D eigenvalue weighted by molar-refractivity contribution is 5.95. The van der Waals surface area contributed by atoms with Crippen molar-refractivity contribution in [3.63, 3.8) is 0 Å². The number of aliphatic hydroxyl groups is 2. The highest BCUT2D eigenvalue weighted by Gasteiger charge is 2.25. The van der Waals surface area contributed by atoms with Gasteiger partial charge in [-0.1, -0.05) is 17.2 Å². The van der Waals surface area contributed by atoms with Crippen LogP contribution in [0.2, 0.25) is 0 Å². The average Bonchev–Trinajstić information content (AvgIpc) is 2.27. The number of carbonyl (C=O) groups excluding carboxylic acids is 1. The summed E-state index contributed by atoms with van der Waals surface area (Å²) >= 11 is 0. The first-order chi connectivity index (χ1) is 7.90. The van der Waals surface area contributed by atoms with E-state index in [0.717, 1.165) is 11.1 Å². The Hall–Kier alpha value is -1.39. The third-order valence-corrected chi connectivity index (χ3v) is 2.60. The van der Waals surface area contributed by atoms with Gasteiger partial charge in [0.25, 0.3) is 5.91 Å². The fraction of sp³-hybridized carbons (Fsp3) is 0.462. The molecule has 1 amide bonds. The van der Waals surface area contributed by atoms with Crippen LogP contribution in [0.5, 0.6) is 0 Å². The van der Waals surface area contributed by atoms with Gasteiger partial charge in [-0.05, 0) is 32.9 Å². The van der Waals surface area contributed by atoms with E-state index in [9.17, 15) is 4.79 Å². The Morgan fingerprint density at radius 1 is 1.18 bits per heavy atom. The number of amides is 1. The largest absolute Gasteiger partial charge is 0.394 e. The zero-order chi connectivity index (χ0) is 13.1. The van der Waals surface area contributed by atoms with Crippen molar-refractivity contribution in [2.75, 3.05) is 13.2 Å². The summed E-state index contributed by atoms with van der Waals surface area (Å²) < 4.78 is 0. The first-order valence-electron chi connectivity index (χ1n) is 5.53. The summed E-state index contributed by atoms with van der Waals surface area (Å²) in [4.78, 5) is 11.9. The third kappa shape index (κ3) is 3.54. The molecule has 0 unspecified atom stereocenters. The summed E-state index contributed by atoms with van der Waals surface area (Å²) in [6.07, 6.45) is 0. The Labute approximate surface area is 101 Å². The lowest BCUT2D eigenvalue weighted by atomic mass is 10.0. The molecule has 0 saturated carbocycles. The summed E-state index contributed by atoms with van der Waals surface area (Å²) in [7, 11) is 0. The molecule has 0 aliphatic heterocycles. The van der Waals surface area contributed by atoms with Gasteiger partial charge in [-0.25, -0.2) is 0 Å². The zero-order valence-electron chi connectivity index (χ0n) is 10.4. The first-order valence-corrected chi connectivity index (χ1v) is 5.53. The number of hydrogen-bond acceptors (Lipinski definition) is 3. The van der Waals surface area contributed by atoms with Crippen molar-refractivity contribution < 1.29 is 15.0 Å². The monoisotopic (exact) mass is 237 g/mol. The van der Waals surface area contributed by atoms with E-state index in [4.69, 9.17) is 10.2 Å². The molecule has 0 bridgehead atoms. The molecular weight excluding hydrogens is 218 g/mol. The molecular formula is C13H19NO3. The Bertz CT molecular complexity index is 391. The second-order valence-corrected chi connectivity index (χ2v) is 4.71. The summed E-state index contributed by atoms with van der Waals surface area (Å²) in [5.41, 5.74) is 1.56. The van der Waals surface area contributed by atoms with Crippen molar-refractivity contribution in [3.05, 3.63) is 34.9 Å². The number of nitrogens with one attached hydrogen (secondary N) is 1. The molecule has 4 nitrogen and oxygen atoms in total. The van der Waals surface area contributed by atoms with Crippen molar-refractivity contribution in [2.45, 2.75) is 26.3 Å². The van der Waals surface area contributed by atoms with E-state index >= 15 is 0 Å². The Kier molecular flexibility index (Phi) is 4.26. The third-order valence-electron chi connectivity index (χ3n) is 2.60. The fourth-order valence-corrected chi connectivity index (χ4v) is 1.58. The first kappa shape index (κ1) is 13.7. The topological polar surface area (TPSA) is 69.6 Å². The van der Waals surface area contributed by atoms with Crippen molar-refractivity contribution in [3.8, 4) is 0 Å². The molecule has 94 valence electrons. The molecule has 0 saturated heterocycles. The normalized spacial score (nSPS) is 11.4. The van der Waals surface area contributed by atoms with E-state index in [1.54, 1.807) is 19.1 Å². The number of hydrogen-bond donors (Lipinski definition) is 3. The maximum atomic E-state index is 11.9. The van der Waals surface area contributed by atoms with Gasteiger partial charge in [-0.15, -0.1) is 0 Å². The van der Waals surface area contributed by atoms with Gasteiger partial charge in [0, 0.05) is 5.56 Å². The lowest BCUT2D eigenvalue weighted by molar-refractivity contribution is 0.0723. The Morgan fingerprint density at radius 2 is 1.65 bits per heavy atom. The van der Waals surface area contributed by atoms with Gasteiger partial charge in [0.05, 0.1) is 18.8 Å². The number of carbonyl (C=O) groups is 1. The van der Waals surface area contributed by atoms with Crippen LogP contribution in [0.25, 0.3) is 0 Å². The van der Waals surface area contributed by atoms with Gasteiger partial charge in [-0.3, -0.25) is 4.79 Å².